The average molecular weight is 340 g/mol. The van der Waals surface area contributed by atoms with Gasteiger partial charge in [0, 0.05) is 42.0 Å². The topological polar surface area (TPSA) is 42.7 Å². The van der Waals surface area contributed by atoms with Crippen LogP contribution < -0.4 is 5.32 Å². The molecule has 0 bridgehead atoms. The van der Waals surface area contributed by atoms with Crippen molar-refractivity contribution in [2.24, 2.45) is 0 Å². The summed E-state index contributed by atoms with van der Waals surface area (Å²) >= 11 is 0. The van der Waals surface area contributed by atoms with E-state index in [0.29, 0.717) is 0 Å². The van der Waals surface area contributed by atoms with Crippen LogP contribution in [0.15, 0.2) is 67.0 Å². The predicted molar refractivity (Wildman–Crippen MR) is 106 cm³/mol. The van der Waals surface area contributed by atoms with Crippen molar-refractivity contribution in [2.45, 2.75) is 25.8 Å². The number of nitrogens with zero attached hydrogens (tertiary/aromatic N) is 3. The summed E-state index contributed by atoms with van der Waals surface area (Å²) in [6.07, 6.45) is 7.61. The molecule has 3 heterocycles. The van der Waals surface area contributed by atoms with Crippen molar-refractivity contribution in [2.75, 3.05) is 5.32 Å². The Morgan fingerprint density at radius 2 is 1.81 bits per heavy atom. The Hall–Kier alpha value is -3.14. The van der Waals surface area contributed by atoms with E-state index in [2.05, 4.69) is 69.6 Å². The Bertz CT molecular complexity index is 1030. The molecule has 0 spiro atoms. The van der Waals surface area contributed by atoms with Crippen LogP contribution in [0.25, 0.3) is 22.2 Å². The first kappa shape index (κ1) is 15.1. The van der Waals surface area contributed by atoms with Gasteiger partial charge in [-0.05, 0) is 37.1 Å². The van der Waals surface area contributed by atoms with Crippen LogP contribution in [-0.2, 0) is 13.0 Å². The van der Waals surface area contributed by atoms with Gasteiger partial charge in [0.2, 0.25) is 0 Å². The lowest BCUT2D eigenvalue weighted by Gasteiger charge is -2.11. The number of imidazole rings is 1. The number of hydrogen-bond acceptors (Lipinski definition) is 3. The Labute approximate surface area is 152 Å². The fourth-order valence-electron chi connectivity index (χ4n) is 3.64. The van der Waals surface area contributed by atoms with Crippen LogP contribution in [0.5, 0.6) is 0 Å². The summed E-state index contributed by atoms with van der Waals surface area (Å²) in [7, 11) is 0. The van der Waals surface area contributed by atoms with E-state index in [0.717, 1.165) is 46.5 Å². The molecule has 4 nitrogen and oxygen atoms in total. The molecule has 1 aliphatic heterocycles. The molecule has 0 unspecified atom stereocenters. The van der Waals surface area contributed by atoms with Crippen molar-refractivity contribution in [1.82, 2.24) is 14.5 Å². The number of hydrogen-bond donors (Lipinski definition) is 1. The summed E-state index contributed by atoms with van der Waals surface area (Å²) in [6.45, 7) is 1.09. The molecule has 1 aliphatic rings. The molecule has 0 saturated carbocycles. The third-order valence-electron chi connectivity index (χ3n) is 5.00. The number of fused-ring (bicyclic) bond motifs is 2. The third kappa shape index (κ3) is 2.73. The van der Waals surface area contributed by atoms with Gasteiger partial charge in [0.25, 0.3) is 0 Å². The van der Waals surface area contributed by atoms with Gasteiger partial charge in [0.1, 0.15) is 5.82 Å². The summed E-state index contributed by atoms with van der Waals surface area (Å²) in [5, 5.41) is 4.62. The normalized spacial score (nSPS) is 13.5. The second kappa shape index (κ2) is 6.30. The molecule has 0 amide bonds. The van der Waals surface area contributed by atoms with Gasteiger partial charge in [0.05, 0.1) is 16.9 Å². The highest BCUT2D eigenvalue weighted by atomic mass is 15.1. The van der Waals surface area contributed by atoms with Gasteiger partial charge in [-0.15, -0.1) is 0 Å². The van der Waals surface area contributed by atoms with E-state index in [9.17, 15) is 0 Å². The molecule has 5 rings (SSSR count). The summed E-state index contributed by atoms with van der Waals surface area (Å²) in [5.41, 5.74) is 5.29. The highest BCUT2D eigenvalue weighted by Crippen LogP contribution is 2.27. The molecule has 4 aromatic rings. The second-order valence-corrected chi connectivity index (χ2v) is 6.78. The quantitative estimate of drug-likeness (QED) is 0.559. The predicted octanol–water partition coefficient (Wildman–Crippen LogP) is 5.18. The minimum Gasteiger partial charge on any atom is -0.354 e. The number of pyridine rings is 1. The van der Waals surface area contributed by atoms with Gasteiger partial charge in [-0.2, -0.15) is 0 Å². The van der Waals surface area contributed by atoms with E-state index in [1.165, 1.54) is 18.7 Å². The van der Waals surface area contributed by atoms with Crippen LogP contribution in [-0.4, -0.2) is 14.5 Å². The van der Waals surface area contributed by atoms with Crippen molar-refractivity contribution >= 4 is 22.3 Å². The molecule has 0 atom stereocenters. The lowest BCUT2D eigenvalue weighted by atomic mass is 10.1. The van der Waals surface area contributed by atoms with Crippen LogP contribution in [0, 0.1) is 0 Å². The van der Waals surface area contributed by atoms with Gasteiger partial charge in [0.15, 0.2) is 0 Å². The summed E-state index contributed by atoms with van der Waals surface area (Å²) < 4.78 is 2.30. The van der Waals surface area contributed by atoms with E-state index in [4.69, 9.17) is 4.98 Å². The van der Waals surface area contributed by atoms with Gasteiger partial charge < -0.3 is 9.88 Å². The van der Waals surface area contributed by atoms with Crippen molar-refractivity contribution in [3.8, 4) is 11.3 Å². The van der Waals surface area contributed by atoms with Crippen LogP contribution in [0.3, 0.4) is 0 Å². The van der Waals surface area contributed by atoms with Gasteiger partial charge in [-0.1, -0.05) is 30.3 Å². The first-order valence-electron chi connectivity index (χ1n) is 9.14. The standard InChI is InChI=1S/C22H20N4/c1-2-14-26-15-20(25-21(26)8-1)16-9-11-18(12-10-16)24-19-7-3-5-17-6-4-13-23-22(17)19/h3-7,9-13,15,24H,1-2,8,14H2. The zero-order valence-electron chi connectivity index (χ0n) is 14.5. The number of rotatable bonds is 3. The molecule has 0 fully saturated rings. The lowest BCUT2D eigenvalue weighted by Crippen LogP contribution is -2.08. The zero-order valence-corrected chi connectivity index (χ0v) is 14.5. The van der Waals surface area contributed by atoms with E-state index in [-0.39, 0.29) is 0 Å². The van der Waals surface area contributed by atoms with Gasteiger partial charge in [-0.3, -0.25) is 4.98 Å². The molecule has 2 aromatic heterocycles. The van der Waals surface area contributed by atoms with E-state index in [1.54, 1.807) is 0 Å². The molecular weight excluding hydrogens is 320 g/mol. The molecule has 0 radical (unpaired) electrons. The molecule has 128 valence electrons. The highest BCUT2D eigenvalue weighted by Gasteiger charge is 2.13. The third-order valence-corrected chi connectivity index (χ3v) is 5.00. The first-order chi connectivity index (χ1) is 12.9. The molecule has 26 heavy (non-hydrogen) atoms. The summed E-state index contributed by atoms with van der Waals surface area (Å²) in [5.74, 6) is 1.22. The summed E-state index contributed by atoms with van der Waals surface area (Å²) in [6, 6.07) is 18.7. The minimum absolute atomic E-state index is 0.987. The Balaban J connectivity index is 1.42. The van der Waals surface area contributed by atoms with Crippen LogP contribution >= 0.6 is 0 Å². The van der Waals surface area contributed by atoms with Crippen molar-refractivity contribution in [1.29, 1.82) is 0 Å². The average Bonchev–Trinajstić information content (AvgIpc) is 3.13. The largest absolute Gasteiger partial charge is 0.354 e. The Morgan fingerprint density at radius 1 is 0.923 bits per heavy atom. The summed E-state index contributed by atoms with van der Waals surface area (Å²) in [4.78, 5) is 9.31. The number of aromatic nitrogens is 3. The maximum atomic E-state index is 4.81. The molecular formula is C22H20N4. The Kier molecular flexibility index (Phi) is 3.67. The van der Waals surface area contributed by atoms with Crippen molar-refractivity contribution in [3.05, 3.63) is 72.8 Å². The van der Waals surface area contributed by atoms with E-state index in [1.807, 2.05) is 12.3 Å². The number of anilines is 2. The molecule has 4 heteroatoms. The number of benzene rings is 2. The first-order valence-corrected chi connectivity index (χ1v) is 9.14. The van der Waals surface area contributed by atoms with E-state index < -0.39 is 0 Å². The lowest BCUT2D eigenvalue weighted by molar-refractivity contribution is 0.522. The molecule has 2 aromatic carbocycles. The zero-order chi connectivity index (χ0) is 17.3. The van der Waals surface area contributed by atoms with E-state index >= 15 is 0 Å². The molecule has 1 N–H and O–H groups in total. The van der Waals surface area contributed by atoms with Crippen LogP contribution in [0.1, 0.15) is 18.7 Å². The maximum absolute atomic E-state index is 4.81. The number of nitrogens with one attached hydrogen (secondary N) is 1. The van der Waals surface area contributed by atoms with Crippen LogP contribution in [0.2, 0.25) is 0 Å². The van der Waals surface area contributed by atoms with Gasteiger partial charge >= 0.3 is 0 Å². The number of para-hydroxylation sites is 1. The molecule has 0 saturated heterocycles. The minimum atomic E-state index is 0.987. The number of aryl methyl sites for hydroxylation is 2. The smallest absolute Gasteiger partial charge is 0.109 e. The second-order valence-electron chi connectivity index (χ2n) is 6.78. The highest BCUT2D eigenvalue weighted by molar-refractivity contribution is 5.92. The van der Waals surface area contributed by atoms with Crippen molar-refractivity contribution < 1.29 is 0 Å². The fraction of sp³-hybridized carbons (Fsp3) is 0.182. The monoisotopic (exact) mass is 340 g/mol. The maximum Gasteiger partial charge on any atom is 0.109 e. The Morgan fingerprint density at radius 3 is 2.69 bits per heavy atom. The SMILES string of the molecule is c1cnc2c(Nc3ccc(-c4cn5c(n4)CCCC5)cc3)cccc2c1. The van der Waals surface area contributed by atoms with Crippen molar-refractivity contribution in [3.63, 3.8) is 0 Å². The fourth-order valence-corrected chi connectivity index (χ4v) is 3.64. The van der Waals surface area contributed by atoms with Crippen LogP contribution in [0.4, 0.5) is 11.4 Å². The van der Waals surface area contributed by atoms with Gasteiger partial charge in [-0.25, -0.2) is 4.98 Å². The molecule has 0 aliphatic carbocycles.